The average molecular weight is 348 g/mol. The number of nitrogens with one attached hydrogen (secondary N) is 3. The smallest absolute Gasteiger partial charge is 0.225 e. The van der Waals surface area contributed by atoms with E-state index in [1.54, 1.807) is 19.2 Å². The molecule has 138 valence electrons. The molecule has 0 atom stereocenters. The van der Waals surface area contributed by atoms with Crippen LogP contribution in [-0.4, -0.2) is 38.5 Å². The lowest BCUT2D eigenvalue weighted by atomic mass is 9.96. The Bertz CT molecular complexity index is 633. The lowest BCUT2D eigenvalue weighted by Crippen LogP contribution is -2.45. The van der Waals surface area contributed by atoms with Crippen molar-refractivity contribution in [2.24, 2.45) is 10.4 Å². The molecule has 1 aliphatic rings. The summed E-state index contributed by atoms with van der Waals surface area (Å²) in [4.78, 5) is 16.0. The molecule has 5 nitrogen and oxygen atoms in total. The number of nitrogens with zero attached hydrogens (tertiary/aromatic N) is 1. The van der Waals surface area contributed by atoms with Crippen LogP contribution >= 0.6 is 0 Å². The number of rotatable bonds is 6. The molecular weight excluding hydrogens is 319 g/mol. The van der Waals surface area contributed by atoms with E-state index in [9.17, 15) is 9.18 Å². The van der Waals surface area contributed by atoms with Gasteiger partial charge in [0, 0.05) is 37.5 Å². The Hall–Kier alpha value is -2.11. The normalized spacial score (nSPS) is 16.3. The zero-order valence-corrected chi connectivity index (χ0v) is 15.6. The molecule has 1 fully saturated rings. The van der Waals surface area contributed by atoms with E-state index >= 15 is 0 Å². The van der Waals surface area contributed by atoms with Crippen LogP contribution in [0.5, 0.6) is 0 Å². The zero-order valence-electron chi connectivity index (χ0n) is 15.6. The topological polar surface area (TPSA) is 65.5 Å². The molecule has 25 heavy (non-hydrogen) atoms. The Kier molecular flexibility index (Phi) is 6.03. The summed E-state index contributed by atoms with van der Waals surface area (Å²) in [6, 6.07) is 6.83. The number of guanidine groups is 1. The van der Waals surface area contributed by atoms with Gasteiger partial charge in [0.2, 0.25) is 5.91 Å². The van der Waals surface area contributed by atoms with Crippen molar-refractivity contribution in [2.75, 3.05) is 26.7 Å². The number of hydrogen-bond donors (Lipinski definition) is 3. The molecule has 1 aliphatic carbocycles. The highest BCUT2D eigenvalue weighted by Gasteiger charge is 2.44. The largest absolute Gasteiger partial charge is 0.356 e. The summed E-state index contributed by atoms with van der Waals surface area (Å²) < 4.78 is 13.5. The van der Waals surface area contributed by atoms with Crippen LogP contribution < -0.4 is 16.0 Å². The predicted molar refractivity (Wildman–Crippen MR) is 99.1 cm³/mol. The van der Waals surface area contributed by atoms with Gasteiger partial charge in [-0.25, -0.2) is 4.39 Å². The van der Waals surface area contributed by atoms with E-state index in [1.807, 2.05) is 26.8 Å². The zero-order chi connectivity index (χ0) is 18.5. The average Bonchev–Trinajstić information content (AvgIpc) is 3.34. The van der Waals surface area contributed by atoms with Crippen LogP contribution in [0.2, 0.25) is 0 Å². The number of hydrogen-bond acceptors (Lipinski definition) is 2. The van der Waals surface area contributed by atoms with E-state index in [1.165, 1.54) is 6.07 Å². The standard InChI is InChI=1S/C19H29FN4O/c1-18(2,3)16(25)22-10-11-23-17(21-4)24-13-19(8-9-19)14-6-5-7-15(20)12-14/h5-7,12H,8-11,13H2,1-4H3,(H,22,25)(H2,21,23,24). The second kappa shape index (κ2) is 7.85. The maximum absolute atomic E-state index is 13.5. The molecule has 6 heteroatoms. The first-order chi connectivity index (χ1) is 11.8. The molecule has 0 bridgehead atoms. The van der Waals surface area contributed by atoms with Crippen molar-refractivity contribution < 1.29 is 9.18 Å². The van der Waals surface area contributed by atoms with Crippen LogP contribution in [0, 0.1) is 11.2 Å². The maximum Gasteiger partial charge on any atom is 0.225 e. The van der Waals surface area contributed by atoms with Gasteiger partial charge >= 0.3 is 0 Å². The van der Waals surface area contributed by atoms with Crippen molar-refractivity contribution in [3.05, 3.63) is 35.6 Å². The van der Waals surface area contributed by atoms with Gasteiger partial charge in [0.05, 0.1) is 0 Å². The number of halogens is 1. The number of carbonyl (C=O) groups excluding carboxylic acids is 1. The van der Waals surface area contributed by atoms with Gasteiger partial charge in [0.25, 0.3) is 0 Å². The lowest BCUT2D eigenvalue weighted by molar-refractivity contribution is -0.128. The van der Waals surface area contributed by atoms with Crippen molar-refractivity contribution in [1.82, 2.24) is 16.0 Å². The molecule has 1 amide bonds. The Morgan fingerprint density at radius 3 is 2.44 bits per heavy atom. The molecule has 0 heterocycles. The van der Waals surface area contributed by atoms with E-state index in [-0.39, 0.29) is 22.6 Å². The lowest BCUT2D eigenvalue weighted by Gasteiger charge is -2.20. The van der Waals surface area contributed by atoms with Gasteiger partial charge in [-0.3, -0.25) is 9.79 Å². The Morgan fingerprint density at radius 2 is 1.88 bits per heavy atom. The summed E-state index contributed by atoms with van der Waals surface area (Å²) in [5.74, 6) is 0.522. The van der Waals surface area contributed by atoms with Gasteiger partial charge in [0.15, 0.2) is 5.96 Å². The third-order valence-corrected chi connectivity index (χ3v) is 4.49. The second-order valence-corrected chi connectivity index (χ2v) is 7.65. The van der Waals surface area contributed by atoms with E-state index in [0.717, 1.165) is 18.4 Å². The Morgan fingerprint density at radius 1 is 1.20 bits per heavy atom. The number of benzene rings is 1. The predicted octanol–water partition coefficient (Wildman–Crippen LogP) is 2.18. The fraction of sp³-hybridized carbons (Fsp3) is 0.579. The van der Waals surface area contributed by atoms with E-state index < -0.39 is 0 Å². The van der Waals surface area contributed by atoms with Crippen LogP contribution in [-0.2, 0) is 10.2 Å². The van der Waals surface area contributed by atoms with Crippen molar-refractivity contribution in [1.29, 1.82) is 0 Å². The van der Waals surface area contributed by atoms with Crippen LogP contribution in [0.3, 0.4) is 0 Å². The number of aliphatic imine (C=N–C) groups is 1. The second-order valence-electron chi connectivity index (χ2n) is 7.65. The fourth-order valence-electron chi connectivity index (χ4n) is 2.63. The molecule has 2 rings (SSSR count). The molecule has 0 unspecified atom stereocenters. The molecule has 1 aromatic carbocycles. The first-order valence-electron chi connectivity index (χ1n) is 8.76. The van der Waals surface area contributed by atoms with Crippen LogP contribution in [0.1, 0.15) is 39.2 Å². The fourth-order valence-corrected chi connectivity index (χ4v) is 2.63. The molecule has 0 aliphatic heterocycles. The number of amides is 1. The minimum atomic E-state index is -0.386. The van der Waals surface area contributed by atoms with Gasteiger partial charge in [-0.05, 0) is 30.5 Å². The summed E-state index contributed by atoms with van der Waals surface area (Å²) >= 11 is 0. The minimum absolute atomic E-state index is 0.000169. The molecule has 1 saturated carbocycles. The quantitative estimate of drug-likeness (QED) is 0.419. The van der Waals surface area contributed by atoms with Crippen molar-refractivity contribution in [2.45, 2.75) is 39.0 Å². The van der Waals surface area contributed by atoms with Crippen molar-refractivity contribution in [3.8, 4) is 0 Å². The number of carbonyl (C=O) groups is 1. The van der Waals surface area contributed by atoms with Gasteiger partial charge in [-0.1, -0.05) is 32.9 Å². The minimum Gasteiger partial charge on any atom is -0.356 e. The maximum atomic E-state index is 13.5. The Labute approximate surface area is 149 Å². The van der Waals surface area contributed by atoms with E-state index in [4.69, 9.17) is 0 Å². The highest BCUT2D eigenvalue weighted by Crippen LogP contribution is 2.47. The van der Waals surface area contributed by atoms with Gasteiger partial charge < -0.3 is 16.0 Å². The molecule has 0 saturated heterocycles. The summed E-state index contributed by atoms with van der Waals surface area (Å²) in [6.07, 6.45) is 2.09. The highest BCUT2D eigenvalue weighted by molar-refractivity contribution is 5.82. The van der Waals surface area contributed by atoms with Gasteiger partial charge in [-0.15, -0.1) is 0 Å². The summed E-state index contributed by atoms with van der Waals surface area (Å²) in [5.41, 5.74) is 0.650. The van der Waals surface area contributed by atoms with E-state index in [0.29, 0.717) is 25.6 Å². The summed E-state index contributed by atoms with van der Waals surface area (Å²) in [5, 5.41) is 9.39. The van der Waals surface area contributed by atoms with Crippen molar-refractivity contribution >= 4 is 11.9 Å². The molecule has 1 aromatic rings. The third-order valence-electron chi connectivity index (χ3n) is 4.49. The highest BCUT2D eigenvalue weighted by atomic mass is 19.1. The molecule has 0 aromatic heterocycles. The summed E-state index contributed by atoms with van der Waals surface area (Å²) in [7, 11) is 1.71. The first-order valence-corrected chi connectivity index (χ1v) is 8.76. The van der Waals surface area contributed by atoms with Crippen LogP contribution in [0.15, 0.2) is 29.3 Å². The first kappa shape index (κ1) is 19.2. The summed E-state index contributed by atoms with van der Waals surface area (Å²) in [6.45, 7) is 7.50. The van der Waals surface area contributed by atoms with Gasteiger partial charge in [0.1, 0.15) is 5.82 Å². The SMILES string of the molecule is CN=C(NCCNC(=O)C(C)(C)C)NCC1(c2cccc(F)c2)CC1. The molecule has 0 spiro atoms. The third kappa shape index (κ3) is 5.44. The van der Waals surface area contributed by atoms with E-state index in [2.05, 4.69) is 20.9 Å². The molecule has 0 radical (unpaired) electrons. The molecular formula is C19H29FN4O. The monoisotopic (exact) mass is 348 g/mol. The molecule has 3 N–H and O–H groups in total. The van der Waals surface area contributed by atoms with Gasteiger partial charge in [-0.2, -0.15) is 0 Å². The van der Waals surface area contributed by atoms with Crippen LogP contribution in [0.25, 0.3) is 0 Å². The van der Waals surface area contributed by atoms with Crippen molar-refractivity contribution in [3.63, 3.8) is 0 Å². The Balaban J connectivity index is 1.77. The van der Waals surface area contributed by atoms with Crippen LogP contribution in [0.4, 0.5) is 4.39 Å².